The van der Waals surface area contributed by atoms with Crippen LogP contribution in [0.1, 0.15) is 10.4 Å². The van der Waals surface area contributed by atoms with Crippen LogP contribution in [-0.4, -0.2) is 18.1 Å². The highest BCUT2D eigenvalue weighted by molar-refractivity contribution is 5.92. The Labute approximate surface area is 134 Å². The van der Waals surface area contributed by atoms with Gasteiger partial charge in [-0.2, -0.15) is 0 Å². The fourth-order valence-corrected chi connectivity index (χ4v) is 2.18. The maximum atomic E-state index is 12.3. The monoisotopic (exact) mass is 305 g/mol. The predicted octanol–water partition coefficient (Wildman–Crippen LogP) is 3.98. The quantitative estimate of drug-likeness (QED) is 0.540. The van der Waals surface area contributed by atoms with Crippen molar-refractivity contribution in [1.29, 1.82) is 0 Å². The summed E-state index contributed by atoms with van der Waals surface area (Å²) in [5, 5.41) is 0. The summed E-state index contributed by atoms with van der Waals surface area (Å²) in [6, 6.07) is 19.7. The van der Waals surface area contributed by atoms with E-state index in [0.717, 1.165) is 0 Å². The molecule has 0 spiro atoms. The molecule has 0 unspecified atom stereocenters. The fourth-order valence-electron chi connectivity index (χ4n) is 2.18. The number of benzene rings is 2. The number of hydrogen-bond acceptors (Lipinski definition) is 4. The number of aromatic nitrogens is 1. The van der Waals surface area contributed by atoms with Gasteiger partial charge in [0.05, 0.1) is 18.4 Å². The molecular formula is C19H15NO3. The van der Waals surface area contributed by atoms with Crippen LogP contribution in [0.2, 0.25) is 0 Å². The van der Waals surface area contributed by atoms with Gasteiger partial charge in [-0.05, 0) is 42.5 Å². The molecule has 0 amide bonds. The second-order valence-corrected chi connectivity index (χ2v) is 4.83. The van der Waals surface area contributed by atoms with E-state index in [1.54, 1.807) is 55.8 Å². The zero-order valence-electron chi connectivity index (χ0n) is 12.6. The van der Waals surface area contributed by atoms with E-state index in [-0.39, 0.29) is 0 Å². The Hall–Kier alpha value is -3.14. The number of hydrogen-bond donors (Lipinski definition) is 0. The van der Waals surface area contributed by atoms with Crippen LogP contribution < -0.4 is 9.47 Å². The average molecular weight is 305 g/mol. The molecule has 1 heterocycles. The minimum absolute atomic E-state index is 0.409. The van der Waals surface area contributed by atoms with Gasteiger partial charge in [0, 0.05) is 11.8 Å². The number of carbonyl (C=O) groups excluding carboxylic acids is 1. The minimum Gasteiger partial charge on any atom is -0.497 e. The lowest BCUT2D eigenvalue weighted by molar-refractivity contribution is 0.0735. The molecule has 114 valence electrons. The predicted molar refractivity (Wildman–Crippen MR) is 87.6 cm³/mol. The molecule has 0 fully saturated rings. The molecule has 2 aromatic carbocycles. The summed E-state index contributed by atoms with van der Waals surface area (Å²) >= 11 is 0. The van der Waals surface area contributed by atoms with E-state index in [1.807, 2.05) is 24.3 Å². The average Bonchev–Trinajstić information content (AvgIpc) is 2.63. The zero-order chi connectivity index (χ0) is 16.1. The number of esters is 1. The summed E-state index contributed by atoms with van der Waals surface area (Å²) < 4.78 is 10.8. The van der Waals surface area contributed by atoms with Crippen LogP contribution >= 0.6 is 0 Å². The third-order valence-electron chi connectivity index (χ3n) is 3.34. The van der Waals surface area contributed by atoms with Gasteiger partial charge in [-0.1, -0.05) is 24.3 Å². The number of nitrogens with zero attached hydrogens (tertiary/aromatic N) is 1. The molecule has 4 heteroatoms. The molecule has 3 aromatic rings. The SMILES string of the molecule is COc1ccc(OC(=O)c2ccccc2)c(-c2ccccn2)c1. The highest BCUT2D eigenvalue weighted by Crippen LogP contribution is 2.32. The van der Waals surface area contributed by atoms with Crippen molar-refractivity contribution in [1.82, 2.24) is 4.98 Å². The Morgan fingerprint density at radius 1 is 0.957 bits per heavy atom. The summed E-state index contributed by atoms with van der Waals surface area (Å²) in [7, 11) is 1.59. The molecular weight excluding hydrogens is 290 g/mol. The van der Waals surface area contributed by atoms with Crippen LogP contribution in [0.25, 0.3) is 11.3 Å². The van der Waals surface area contributed by atoms with Gasteiger partial charge in [0.1, 0.15) is 11.5 Å². The molecule has 0 radical (unpaired) electrons. The summed E-state index contributed by atoms with van der Waals surface area (Å²) in [6.45, 7) is 0. The van der Waals surface area contributed by atoms with Gasteiger partial charge >= 0.3 is 5.97 Å². The fraction of sp³-hybridized carbons (Fsp3) is 0.0526. The smallest absolute Gasteiger partial charge is 0.343 e. The summed E-state index contributed by atoms with van der Waals surface area (Å²) in [5.74, 6) is 0.705. The van der Waals surface area contributed by atoms with Crippen molar-refractivity contribution < 1.29 is 14.3 Å². The van der Waals surface area contributed by atoms with Gasteiger partial charge in [0.25, 0.3) is 0 Å². The lowest BCUT2D eigenvalue weighted by Gasteiger charge is -2.11. The molecule has 4 nitrogen and oxygen atoms in total. The second-order valence-electron chi connectivity index (χ2n) is 4.83. The van der Waals surface area contributed by atoms with Crippen molar-refractivity contribution >= 4 is 5.97 Å². The first-order chi connectivity index (χ1) is 11.3. The number of rotatable bonds is 4. The van der Waals surface area contributed by atoms with E-state index < -0.39 is 5.97 Å². The van der Waals surface area contributed by atoms with Gasteiger partial charge in [-0.25, -0.2) is 4.79 Å². The maximum Gasteiger partial charge on any atom is 0.343 e. The Balaban J connectivity index is 1.97. The lowest BCUT2D eigenvalue weighted by atomic mass is 10.1. The minimum atomic E-state index is -0.409. The van der Waals surface area contributed by atoms with E-state index in [1.165, 1.54) is 0 Å². The maximum absolute atomic E-state index is 12.3. The normalized spacial score (nSPS) is 10.1. The van der Waals surface area contributed by atoms with Crippen LogP contribution in [-0.2, 0) is 0 Å². The van der Waals surface area contributed by atoms with Gasteiger partial charge < -0.3 is 9.47 Å². The number of carbonyl (C=O) groups is 1. The van der Waals surface area contributed by atoms with E-state index in [0.29, 0.717) is 28.3 Å². The molecule has 0 N–H and O–H groups in total. The summed E-state index contributed by atoms with van der Waals surface area (Å²) in [4.78, 5) is 16.6. The Morgan fingerprint density at radius 2 is 1.74 bits per heavy atom. The van der Waals surface area contributed by atoms with E-state index in [4.69, 9.17) is 9.47 Å². The van der Waals surface area contributed by atoms with Crippen molar-refractivity contribution in [3.05, 3.63) is 78.5 Å². The Kier molecular flexibility index (Phi) is 4.34. The second kappa shape index (κ2) is 6.75. The topological polar surface area (TPSA) is 48.4 Å². The van der Waals surface area contributed by atoms with Crippen LogP contribution in [0.15, 0.2) is 72.9 Å². The zero-order valence-corrected chi connectivity index (χ0v) is 12.6. The van der Waals surface area contributed by atoms with Gasteiger partial charge in [0.15, 0.2) is 0 Å². The highest BCUT2D eigenvalue weighted by Gasteiger charge is 2.14. The number of methoxy groups -OCH3 is 1. The molecule has 0 saturated heterocycles. The third kappa shape index (κ3) is 3.37. The number of pyridine rings is 1. The molecule has 3 rings (SSSR count). The first-order valence-corrected chi connectivity index (χ1v) is 7.14. The largest absolute Gasteiger partial charge is 0.497 e. The summed E-state index contributed by atoms with van der Waals surface area (Å²) in [6.07, 6.45) is 1.69. The standard InChI is InChI=1S/C19H15NO3/c1-22-15-10-11-18(16(13-15)17-9-5-6-12-20-17)23-19(21)14-7-3-2-4-8-14/h2-13H,1H3. The molecule has 0 saturated carbocycles. The van der Waals surface area contributed by atoms with Gasteiger partial charge in [-0.3, -0.25) is 4.98 Å². The Bertz CT molecular complexity index is 801. The molecule has 0 atom stereocenters. The summed E-state index contributed by atoms with van der Waals surface area (Å²) in [5.41, 5.74) is 1.91. The molecule has 0 aliphatic rings. The molecule has 0 bridgehead atoms. The van der Waals surface area contributed by atoms with Crippen molar-refractivity contribution in [2.75, 3.05) is 7.11 Å². The van der Waals surface area contributed by atoms with E-state index >= 15 is 0 Å². The van der Waals surface area contributed by atoms with Crippen molar-refractivity contribution in [2.24, 2.45) is 0 Å². The molecule has 1 aromatic heterocycles. The molecule has 0 aliphatic heterocycles. The van der Waals surface area contributed by atoms with Crippen LogP contribution in [0.3, 0.4) is 0 Å². The van der Waals surface area contributed by atoms with Crippen LogP contribution in [0.5, 0.6) is 11.5 Å². The van der Waals surface area contributed by atoms with Gasteiger partial charge in [0.2, 0.25) is 0 Å². The van der Waals surface area contributed by atoms with Crippen molar-refractivity contribution in [3.63, 3.8) is 0 Å². The van der Waals surface area contributed by atoms with E-state index in [9.17, 15) is 4.79 Å². The lowest BCUT2D eigenvalue weighted by Crippen LogP contribution is -2.09. The van der Waals surface area contributed by atoms with Crippen molar-refractivity contribution in [3.8, 4) is 22.8 Å². The Morgan fingerprint density at radius 3 is 2.43 bits per heavy atom. The van der Waals surface area contributed by atoms with Crippen LogP contribution in [0.4, 0.5) is 0 Å². The first kappa shape index (κ1) is 14.8. The first-order valence-electron chi connectivity index (χ1n) is 7.14. The number of ether oxygens (including phenoxy) is 2. The highest BCUT2D eigenvalue weighted by atomic mass is 16.5. The molecule has 23 heavy (non-hydrogen) atoms. The van der Waals surface area contributed by atoms with Crippen LogP contribution in [0, 0.1) is 0 Å². The third-order valence-corrected chi connectivity index (χ3v) is 3.34. The van der Waals surface area contributed by atoms with Gasteiger partial charge in [-0.15, -0.1) is 0 Å². The van der Waals surface area contributed by atoms with Crippen molar-refractivity contribution in [2.45, 2.75) is 0 Å². The van der Waals surface area contributed by atoms with E-state index in [2.05, 4.69) is 4.98 Å². The molecule has 0 aliphatic carbocycles.